The Morgan fingerprint density at radius 3 is 2.50 bits per heavy atom. The van der Waals surface area contributed by atoms with E-state index in [0.29, 0.717) is 37.3 Å². The lowest BCUT2D eigenvalue weighted by atomic mass is 10.1. The number of aromatic amines is 1. The van der Waals surface area contributed by atoms with Crippen LogP contribution in [0.3, 0.4) is 0 Å². The molecule has 10 N–H and O–H groups in total. The molecule has 30 heavy (non-hydrogen) atoms. The lowest BCUT2D eigenvalue weighted by Gasteiger charge is -2.22. The lowest BCUT2D eigenvalue weighted by Crippen LogP contribution is -2.55. The van der Waals surface area contributed by atoms with E-state index in [1.165, 1.54) is 24.3 Å². The third-order valence-electron chi connectivity index (χ3n) is 4.14. The Kier molecular flexibility index (Phi) is 11.3. The van der Waals surface area contributed by atoms with Gasteiger partial charge in [0.1, 0.15) is 12.1 Å². The van der Waals surface area contributed by atoms with Gasteiger partial charge in [0.05, 0.1) is 12.4 Å². The number of thioether (sulfide) groups is 1. The van der Waals surface area contributed by atoms with E-state index in [0.717, 1.165) is 0 Å². The van der Waals surface area contributed by atoms with Gasteiger partial charge in [-0.05, 0) is 31.3 Å². The SMILES string of the molecule is CSCCC(NC(=O)C(N)CCCN=C(N)N)C(=O)NC(Cc1cnc[nH]1)C(=O)O. The number of guanidine groups is 1. The predicted molar refractivity (Wildman–Crippen MR) is 115 cm³/mol. The van der Waals surface area contributed by atoms with Gasteiger partial charge in [0.25, 0.3) is 0 Å². The maximum Gasteiger partial charge on any atom is 0.326 e. The molecule has 0 aliphatic carbocycles. The molecule has 0 fully saturated rings. The highest BCUT2D eigenvalue weighted by atomic mass is 32.2. The van der Waals surface area contributed by atoms with Gasteiger partial charge in [-0.15, -0.1) is 0 Å². The van der Waals surface area contributed by atoms with Crippen LogP contribution in [0.5, 0.6) is 0 Å². The number of aliphatic imine (C=N–C) groups is 1. The monoisotopic (exact) mass is 442 g/mol. The molecule has 0 aliphatic rings. The first-order chi connectivity index (χ1) is 14.2. The Hall–Kier alpha value is -2.80. The number of rotatable bonds is 14. The van der Waals surface area contributed by atoms with Crippen molar-refractivity contribution in [2.45, 2.75) is 43.8 Å². The van der Waals surface area contributed by atoms with E-state index < -0.39 is 35.9 Å². The van der Waals surface area contributed by atoms with Crippen molar-refractivity contribution >= 4 is 35.5 Å². The maximum absolute atomic E-state index is 12.7. The molecular formula is C17H30N8O4S. The molecule has 0 bridgehead atoms. The van der Waals surface area contributed by atoms with Crippen molar-refractivity contribution in [3.63, 3.8) is 0 Å². The van der Waals surface area contributed by atoms with Gasteiger partial charge in [-0.2, -0.15) is 11.8 Å². The van der Waals surface area contributed by atoms with Gasteiger partial charge < -0.3 is 37.9 Å². The largest absolute Gasteiger partial charge is 0.480 e. The van der Waals surface area contributed by atoms with Gasteiger partial charge >= 0.3 is 5.97 Å². The minimum atomic E-state index is -1.19. The third kappa shape index (κ3) is 9.60. The fraction of sp³-hybridized carbons (Fsp3) is 0.588. The van der Waals surface area contributed by atoms with Crippen LogP contribution in [0.15, 0.2) is 17.5 Å². The summed E-state index contributed by atoms with van der Waals surface area (Å²) in [4.78, 5) is 47.0. The number of carbonyl (C=O) groups excluding carboxylic acids is 2. The van der Waals surface area contributed by atoms with Crippen molar-refractivity contribution in [3.8, 4) is 0 Å². The van der Waals surface area contributed by atoms with Crippen LogP contribution in [0.2, 0.25) is 0 Å². The first kappa shape index (κ1) is 25.2. The normalized spacial score (nSPS) is 13.7. The minimum absolute atomic E-state index is 0.0363. The molecule has 1 rings (SSSR count). The van der Waals surface area contributed by atoms with Gasteiger partial charge in [0.15, 0.2) is 5.96 Å². The molecule has 13 heteroatoms. The number of carboxylic acid groups (broad SMARTS) is 1. The number of carboxylic acids is 1. The molecule has 0 spiro atoms. The molecule has 3 unspecified atom stereocenters. The van der Waals surface area contributed by atoms with Crippen LogP contribution in [0, 0.1) is 0 Å². The number of H-pyrrole nitrogens is 1. The summed E-state index contributed by atoms with van der Waals surface area (Å²) >= 11 is 1.50. The predicted octanol–water partition coefficient (Wildman–Crippen LogP) is -1.86. The van der Waals surface area contributed by atoms with Gasteiger partial charge in [-0.25, -0.2) is 9.78 Å². The number of hydrogen-bond acceptors (Lipinski definition) is 7. The van der Waals surface area contributed by atoms with E-state index in [4.69, 9.17) is 17.2 Å². The zero-order chi connectivity index (χ0) is 22.5. The van der Waals surface area contributed by atoms with E-state index in [9.17, 15) is 19.5 Å². The highest BCUT2D eigenvalue weighted by molar-refractivity contribution is 7.98. The Balaban J connectivity index is 2.68. The third-order valence-corrected chi connectivity index (χ3v) is 4.79. The van der Waals surface area contributed by atoms with Crippen molar-refractivity contribution in [1.29, 1.82) is 0 Å². The number of aliphatic carboxylic acids is 1. The van der Waals surface area contributed by atoms with Crippen molar-refractivity contribution in [2.75, 3.05) is 18.6 Å². The number of nitrogens with zero attached hydrogens (tertiary/aromatic N) is 2. The Morgan fingerprint density at radius 1 is 1.23 bits per heavy atom. The van der Waals surface area contributed by atoms with Crippen molar-refractivity contribution in [1.82, 2.24) is 20.6 Å². The van der Waals surface area contributed by atoms with Crippen LogP contribution in [-0.4, -0.2) is 75.5 Å². The second-order valence-electron chi connectivity index (χ2n) is 6.58. The van der Waals surface area contributed by atoms with E-state index >= 15 is 0 Å². The van der Waals surface area contributed by atoms with Crippen LogP contribution in [0.25, 0.3) is 0 Å². The highest BCUT2D eigenvalue weighted by Gasteiger charge is 2.28. The number of imidazole rings is 1. The molecule has 0 radical (unpaired) electrons. The summed E-state index contributed by atoms with van der Waals surface area (Å²) in [5.74, 6) is -1.72. The number of nitrogens with one attached hydrogen (secondary N) is 3. The molecule has 0 aliphatic heterocycles. The molecule has 3 atom stereocenters. The molecule has 1 heterocycles. The summed E-state index contributed by atoms with van der Waals surface area (Å²) in [5.41, 5.74) is 16.9. The van der Waals surface area contributed by atoms with Gasteiger partial charge in [0, 0.05) is 24.9 Å². The molecule has 0 saturated carbocycles. The number of nitrogens with two attached hydrogens (primary N) is 3. The Labute approximate surface area is 178 Å². The topological polar surface area (TPSA) is 215 Å². The van der Waals surface area contributed by atoms with Gasteiger partial charge in [0.2, 0.25) is 11.8 Å². The molecule has 168 valence electrons. The second kappa shape index (κ2) is 13.4. The van der Waals surface area contributed by atoms with E-state index in [1.807, 2.05) is 6.26 Å². The molecule has 12 nitrogen and oxygen atoms in total. The van der Waals surface area contributed by atoms with Crippen molar-refractivity contribution in [3.05, 3.63) is 18.2 Å². The second-order valence-corrected chi connectivity index (χ2v) is 7.56. The minimum Gasteiger partial charge on any atom is -0.480 e. The average Bonchev–Trinajstić information content (AvgIpc) is 3.20. The highest BCUT2D eigenvalue weighted by Crippen LogP contribution is 2.05. The van der Waals surface area contributed by atoms with Crippen LogP contribution in [0.1, 0.15) is 25.0 Å². The summed E-state index contributed by atoms with van der Waals surface area (Å²) in [6.07, 6.45) is 5.97. The van der Waals surface area contributed by atoms with E-state index in [1.54, 1.807) is 0 Å². The fourth-order valence-electron chi connectivity index (χ4n) is 2.52. The van der Waals surface area contributed by atoms with Crippen LogP contribution in [-0.2, 0) is 20.8 Å². The van der Waals surface area contributed by atoms with Crippen molar-refractivity contribution in [2.24, 2.45) is 22.2 Å². The zero-order valence-corrected chi connectivity index (χ0v) is 17.7. The average molecular weight is 443 g/mol. The quantitative estimate of drug-likeness (QED) is 0.0975. The molecule has 2 amide bonds. The molecule has 1 aromatic rings. The summed E-state index contributed by atoms with van der Waals surface area (Å²) in [6, 6.07) is -2.92. The summed E-state index contributed by atoms with van der Waals surface area (Å²) in [5, 5.41) is 14.5. The molecule has 0 aromatic carbocycles. The zero-order valence-electron chi connectivity index (χ0n) is 16.8. The standard InChI is InChI=1S/C17H30N8O4S/c1-30-6-4-12(24-14(26)11(18)3-2-5-22-17(19)20)15(27)25-13(16(28)29)7-10-8-21-9-23-10/h8-9,11-13H,2-7,18H2,1H3,(H,21,23)(H,24,26)(H,25,27)(H,28,29)(H4,19,20,22). The first-order valence-electron chi connectivity index (χ1n) is 9.35. The fourth-order valence-corrected chi connectivity index (χ4v) is 2.99. The van der Waals surface area contributed by atoms with Gasteiger partial charge in [-0.1, -0.05) is 0 Å². The summed E-state index contributed by atoms with van der Waals surface area (Å²) in [6.45, 7) is 0.341. The molecular weight excluding hydrogens is 412 g/mol. The van der Waals surface area contributed by atoms with E-state index in [2.05, 4.69) is 25.6 Å². The molecule has 0 saturated heterocycles. The Morgan fingerprint density at radius 2 is 1.93 bits per heavy atom. The summed E-state index contributed by atoms with van der Waals surface area (Å²) < 4.78 is 0. The van der Waals surface area contributed by atoms with E-state index in [-0.39, 0.29) is 12.4 Å². The van der Waals surface area contributed by atoms with Gasteiger partial charge in [-0.3, -0.25) is 14.6 Å². The number of amides is 2. The maximum atomic E-state index is 12.7. The number of aromatic nitrogens is 2. The lowest BCUT2D eigenvalue weighted by molar-refractivity contribution is -0.142. The number of carbonyl (C=O) groups is 3. The Bertz CT molecular complexity index is 709. The summed E-state index contributed by atoms with van der Waals surface area (Å²) in [7, 11) is 0. The van der Waals surface area contributed by atoms with Crippen molar-refractivity contribution < 1.29 is 19.5 Å². The number of hydrogen-bond donors (Lipinski definition) is 7. The smallest absolute Gasteiger partial charge is 0.326 e. The van der Waals surface area contributed by atoms with Crippen LogP contribution >= 0.6 is 11.8 Å². The first-order valence-corrected chi connectivity index (χ1v) is 10.7. The van der Waals surface area contributed by atoms with Crippen LogP contribution in [0.4, 0.5) is 0 Å². The van der Waals surface area contributed by atoms with Crippen LogP contribution < -0.4 is 27.8 Å². The molecule has 1 aromatic heterocycles.